The fraction of sp³-hybridized carbons (Fsp3) is 0.381. The van der Waals surface area contributed by atoms with Crippen molar-refractivity contribution >= 4 is 5.91 Å². The van der Waals surface area contributed by atoms with Crippen LogP contribution in [0.3, 0.4) is 0 Å². The molecule has 0 bridgehead atoms. The maximum absolute atomic E-state index is 14.4. The van der Waals surface area contributed by atoms with Gasteiger partial charge in [-0.25, -0.2) is 4.39 Å². The van der Waals surface area contributed by atoms with Crippen LogP contribution in [0, 0.1) is 12.7 Å². The van der Waals surface area contributed by atoms with E-state index in [0.717, 1.165) is 55.8 Å². The first kappa shape index (κ1) is 18.5. The Balaban J connectivity index is 1.53. The van der Waals surface area contributed by atoms with E-state index in [4.69, 9.17) is 0 Å². The highest BCUT2D eigenvalue weighted by Crippen LogP contribution is 2.22. The average Bonchev–Trinajstić information content (AvgIpc) is 2.66. The molecule has 0 saturated carbocycles. The second-order valence-electron chi connectivity index (χ2n) is 6.76. The number of aryl methyl sites for hydroxylation is 1. The van der Waals surface area contributed by atoms with Gasteiger partial charge in [0.1, 0.15) is 5.82 Å². The van der Waals surface area contributed by atoms with Crippen LogP contribution in [0.1, 0.15) is 22.3 Å². The number of halogens is 1. The second kappa shape index (κ2) is 8.92. The van der Waals surface area contributed by atoms with Crippen LogP contribution in [-0.4, -0.2) is 50.1 Å². The molecule has 0 unspecified atom stereocenters. The molecule has 4 nitrogen and oxygen atoms in total. The molecular formula is C21H26FN3O. The molecule has 1 amide bonds. The van der Waals surface area contributed by atoms with E-state index >= 15 is 0 Å². The van der Waals surface area contributed by atoms with E-state index in [1.165, 1.54) is 6.07 Å². The van der Waals surface area contributed by atoms with Gasteiger partial charge in [0.05, 0.1) is 5.56 Å². The van der Waals surface area contributed by atoms with Crippen LogP contribution in [0.5, 0.6) is 0 Å². The first-order valence-electron chi connectivity index (χ1n) is 9.21. The van der Waals surface area contributed by atoms with Crippen LogP contribution in [-0.2, 0) is 0 Å². The number of rotatable bonds is 6. The molecule has 2 N–H and O–H groups in total. The van der Waals surface area contributed by atoms with Crippen LogP contribution >= 0.6 is 0 Å². The first-order valence-corrected chi connectivity index (χ1v) is 9.21. The maximum Gasteiger partial charge on any atom is 0.254 e. The highest BCUT2D eigenvalue weighted by molar-refractivity contribution is 5.95. The molecule has 0 aliphatic carbocycles. The summed E-state index contributed by atoms with van der Waals surface area (Å²) in [5, 5.41) is 6.14. The largest absolute Gasteiger partial charge is 0.352 e. The Morgan fingerprint density at radius 3 is 2.50 bits per heavy atom. The van der Waals surface area contributed by atoms with Gasteiger partial charge in [0.15, 0.2) is 0 Å². The van der Waals surface area contributed by atoms with Crippen LogP contribution in [0.25, 0.3) is 11.1 Å². The standard InChI is InChI=1S/C21H26FN3O/c1-16-3-5-17(6-4-16)18-7-8-19(20(22)15-18)21(26)24-9-2-12-25-13-10-23-11-14-25/h3-8,15,23H,2,9-14H2,1H3,(H,24,26). The maximum atomic E-state index is 14.4. The second-order valence-corrected chi connectivity index (χ2v) is 6.76. The van der Waals surface area contributed by atoms with Gasteiger partial charge in [-0.05, 0) is 43.1 Å². The van der Waals surface area contributed by atoms with Gasteiger partial charge in [-0.3, -0.25) is 4.79 Å². The van der Waals surface area contributed by atoms with Gasteiger partial charge < -0.3 is 15.5 Å². The summed E-state index contributed by atoms with van der Waals surface area (Å²) in [5.41, 5.74) is 2.98. The number of piperazine rings is 1. The summed E-state index contributed by atoms with van der Waals surface area (Å²) in [6.07, 6.45) is 0.870. The molecule has 1 aliphatic rings. The molecule has 2 aromatic carbocycles. The molecule has 3 rings (SSSR count). The first-order chi connectivity index (χ1) is 12.6. The van der Waals surface area contributed by atoms with E-state index < -0.39 is 5.82 Å². The number of nitrogens with one attached hydrogen (secondary N) is 2. The summed E-state index contributed by atoms with van der Waals surface area (Å²) < 4.78 is 14.4. The van der Waals surface area contributed by atoms with Crippen molar-refractivity contribution in [3.05, 3.63) is 59.4 Å². The normalized spacial score (nSPS) is 15.0. The Morgan fingerprint density at radius 2 is 1.81 bits per heavy atom. The van der Waals surface area contributed by atoms with E-state index in [-0.39, 0.29) is 11.5 Å². The molecule has 2 aromatic rings. The third kappa shape index (κ3) is 4.90. The number of benzene rings is 2. The molecule has 1 heterocycles. The molecule has 138 valence electrons. The number of nitrogens with zero attached hydrogens (tertiary/aromatic N) is 1. The molecule has 1 aliphatic heterocycles. The number of hydrogen-bond donors (Lipinski definition) is 2. The summed E-state index contributed by atoms with van der Waals surface area (Å²) >= 11 is 0. The fourth-order valence-electron chi connectivity index (χ4n) is 3.16. The lowest BCUT2D eigenvalue weighted by Gasteiger charge is -2.27. The lowest BCUT2D eigenvalue weighted by molar-refractivity contribution is 0.0947. The van der Waals surface area contributed by atoms with Crippen LogP contribution < -0.4 is 10.6 Å². The Hall–Kier alpha value is -2.24. The molecule has 1 saturated heterocycles. The van der Waals surface area contributed by atoms with Gasteiger partial charge in [0.2, 0.25) is 0 Å². The highest BCUT2D eigenvalue weighted by atomic mass is 19.1. The number of amides is 1. The minimum Gasteiger partial charge on any atom is -0.352 e. The Bertz CT molecular complexity index is 739. The van der Waals surface area contributed by atoms with Crippen molar-refractivity contribution in [1.29, 1.82) is 0 Å². The van der Waals surface area contributed by atoms with Gasteiger partial charge in [-0.15, -0.1) is 0 Å². The van der Waals surface area contributed by atoms with Gasteiger partial charge in [0, 0.05) is 32.7 Å². The minimum absolute atomic E-state index is 0.100. The van der Waals surface area contributed by atoms with E-state index in [9.17, 15) is 9.18 Å². The Labute approximate surface area is 154 Å². The molecule has 0 spiro atoms. The van der Waals surface area contributed by atoms with Crippen molar-refractivity contribution in [3.63, 3.8) is 0 Å². The zero-order valence-electron chi connectivity index (χ0n) is 15.2. The molecule has 1 fully saturated rings. The van der Waals surface area contributed by atoms with Crippen LogP contribution in [0.15, 0.2) is 42.5 Å². The van der Waals surface area contributed by atoms with Crippen molar-refractivity contribution < 1.29 is 9.18 Å². The van der Waals surface area contributed by atoms with Crippen molar-refractivity contribution in [2.45, 2.75) is 13.3 Å². The topological polar surface area (TPSA) is 44.4 Å². The average molecular weight is 355 g/mol. The van der Waals surface area contributed by atoms with E-state index in [2.05, 4.69) is 15.5 Å². The van der Waals surface area contributed by atoms with Crippen molar-refractivity contribution in [1.82, 2.24) is 15.5 Å². The van der Waals surface area contributed by atoms with Crippen molar-refractivity contribution in [2.24, 2.45) is 0 Å². The predicted octanol–water partition coefficient (Wildman–Crippen LogP) is 2.83. The summed E-state index contributed by atoms with van der Waals surface area (Å²) in [6.45, 7) is 7.65. The number of carbonyl (C=O) groups is 1. The smallest absolute Gasteiger partial charge is 0.254 e. The van der Waals surface area contributed by atoms with Gasteiger partial charge in [-0.2, -0.15) is 0 Å². The summed E-state index contributed by atoms with van der Waals surface area (Å²) in [5.74, 6) is -0.832. The third-order valence-corrected chi connectivity index (χ3v) is 4.74. The Morgan fingerprint density at radius 1 is 1.12 bits per heavy atom. The van der Waals surface area contributed by atoms with Crippen molar-refractivity contribution in [3.8, 4) is 11.1 Å². The highest BCUT2D eigenvalue weighted by Gasteiger charge is 2.13. The molecule has 0 atom stereocenters. The monoisotopic (exact) mass is 355 g/mol. The molecule has 0 aromatic heterocycles. The van der Waals surface area contributed by atoms with E-state index in [1.807, 2.05) is 31.2 Å². The van der Waals surface area contributed by atoms with Crippen LogP contribution in [0.2, 0.25) is 0 Å². The Kier molecular flexibility index (Phi) is 6.36. The summed E-state index contributed by atoms with van der Waals surface area (Å²) in [7, 11) is 0. The summed E-state index contributed by atoms with van der Waals surface area (Å²) in [6, 6.07) is 12.7. The quantitative estimate of drug-likeness (QED) is 0.783. The molecular weight excluding hydrogens is 329 g/mol. The zero-order valence-corrected chi connectivity index (χ0v) is 15.2. The van der Waals surface area contributed by atoms with Gasteiger partial charge >= 0.3 is 0 Å². The number of hydrogen-bond acceptors (Lipinski definition) is 3. The number of carbonyl (C=O) groups excluding carboxylic acids is 1. The van der Waals surface area contributed by atoms with Gasteiger partial charge in [0.25, 0.3) is 5.91 Å². The SMILES string of the molecule is Cc1ccc(-c2ccc(C(=O)NCCCN3CCNCC3)c(F)c2)cc1. The minimum atomic E-state index is -0.484. The third-order valence-electron chi connectivity index (χ3n) is 4.74. The van der Waals surface area contributed by atoms with Crippen LogP contribution in [0.4, 0.5) is 4.39 Å². The fourth-order valence-corrected chi connectivity index (χ4v) is 3.16. The van der Waals surface area contributed by atoms with E-state index in [1.54, 1.807) is 12.1 Å². The van der Waals surface area contributed by atoms with Gasteiger partial charge in [-0.1, -0.05) is 35.9 Å². The summed E-state index contributed by atoms with van der Waals surface area (Å²) in [4.78, 5) is 14.6. The van der Waals surface area contributed by atoms with E-state index in [0.29, 0.717) is 6.54 Å². The molecule has 5 heteroatoms. The van der Waals surface area contributed by atoms with Crippen molar-refractivity contribution in [2.75, 3.05) is 39.3 Å². The zero-order chi connectivity index (χ0) is 18.4. The molecule has 26 heavy (non-hydrogen) atoms. The lowest BCUT2D eigenvalue weighted by atomic mass is 10.0. The lowest BCUT2D eigenvalue weighted by Crippen LogP contribution is -2.44. The molecule has 0 radical (unpaired) electrons. The predicted molar refractivity (Wildman–Crippen MR) is 103 cm³/mol.